The molecule has 0 unspecified atom stereocenters. The molecule has 2 aromatic carbocycles. The fraction of sp³-hybridized carbons (Fsp3) is 0.118. The zero-order chi connectivity index (χ0) is 19.2. The Morgan fingerprint density at radius 1 is 0.963 bits per heavy atom. The SMILES string of the molecule is COc1ccc(C(=O)NNC(=O)c2ccccc2-n2cnnn2)cc1OC. The van der Waals surface area contributed by atoms with Crippen LogP contribution in [-0.2, 0) is 0 Å². The number of nitrogens with one attached hydrogen (secondary N) is 2. The lowest BCUT2D eigenvalue weighted by Crippen LogP contribution is -2.42. The number of tetrazole rings is 1. The van der Waals surface area contributed by atoms with Crippen molar-refractivity contribution in [1.29, 1.82) is 0 Å². The number of hydrazine groups is 1. The normalized spacial score (nSPS) is 10.1. The summed E-state index contributed by atoms with van der Waals surface area (Å²) < 4.78 is 11.6. The monoisotopic (exact) mass is 368 g/mol. The highest BCUT2D eigenvalue weighted by molar-refractivity contribution is 6.01. The van der Waals surface area contributed by atoms with Gasteiger partial charge in [-0.05, 0) is 40.8 Å². The average molecular weight is 368 g/mol. The van der Waals surface area contributed by atoms with Crippen LogP contribution in [0.4, 0.5) is 0 Å². The van der Waals surface area contributed by atoms with Crippen molar-refractivity contribution in [1.82, 2.24) is 31.1 Å². The van der Waals surface area contributed by atoms with Crippen molar-refractivity contribution in [2.24, 2.45) is 0 Å². The van der Waals surface area contributed by atoms with Crippen LogP contribution in [0.25, 0.3) is 5.69 Å². The van der Waals surface area contributed by atoms with Gasteiger partial charge < -0.3 is 9.47 Å². The number of benzene rings is 2. The summed E-state index contributed by atoms with van der Waals surface area (Å²) in [7, 11) is 2.97. The maximum atomic E-state index is 12.5. The number of rotatable bonds is 5. The Morgan fingerprint density at radius 3 is 2.41 bits per heavy atom. The molecule has 0 aliphatic heterocycles. The third kappa shape index (κ3) is 3.84. The first-order valence-electron chi connectivity index (χ1n) is 7.79. The largest absolute Gasteiger partial charge is 0.493 e. The molecule has 0 bridgehead atoms. The van der Waals surface area contributed by atoms with Gasteiger partial charge in [-0.25, -0.2) is 0 Å². The minimum Gasteiger partial charge on any atom is -0.493 e. The maximum absolute atomic E-state index is 12.5. The second-order valence-corrected chi connectivity index (χ2v) is 5.25. The molecule has 0 fully saturated rings. The Hall–Kier alpha value is -3.95. The molecule has 1 heterocycles. The highest BCUT2D eigenvalue weighted by Crippen LogP contribution is 2.27. The lowest BCUT2D eigenvalue weighted by molar-refractivity contribution is 0.0846. The van der Waals surface area contributed by atoms with Gasteiger partial charge in [-0.3, -0.25) is 20.4 Å². The smallest absolute Gasteiger partial charge is 0.271 e. The van der Waals surface area contributed by atoms with Crippen LogP contribution in [0, 0.1) is 0 Å². The van der Waals surface area contributed by atoms with Crippen LogP contribution in [0.5, 0.6) is 11.5 Å². The van der Waals surface area contributed by atoms with E-state index < -0.39 is 11.8 Å². The third-order valence-electron chi connectivity index (χ3n) is 3.68. The van der Waals surface area contributed by atoms with E-state index in [9.17, 15) is 9.59 Å². The molecule has 0 saturated heterocycles. The van der Waals surface area contributed by atoms with E-state index in [4.69, 9.17) is 9.47 Å². The topological polar surface area (TPSA) is 120 Å². The molecule has 27 heavy (non-hydrogen) atoms. The minimum atomic E-state index is -0.519. The number of nitrogens with zero attached hydrogens (tertiary/aromatic N) is 4. The Kier molecular flexibility index (Phi) is 5.26. The van der Waals surface area contributed by atoms with E-state index >= 15 is 0 Å². The Morgan fingerprint density at radius 2 is 1.70 bits per heavy atom. The number of para-hydroxylation sites is 1. The van der Waals surface area contributed by atoms with Gasteiger partial charge in [-0.1, -0.05) is 12.1 Å². The van der Waals surface area contributed by atoms with Crippen molar-refractivity contribution in [3.63, 3.8) is 0 Å². The van der Waals surface area contributed by atoms with Gasteiger partial charge in [0.2, 0.25) is 0 Å². The van der Waals surface area contributed by atoms with E-state index in [-0.39, 0.29) is 5.56 Å². The molecule has 138 valence electrons. The first-order chi connectivity index (χ1) is 13.1. The molecule has 0 atom stereocenters. The fourth-order valence-electron chi connectivity index (χ4n) is 2.37. The van der Waals surface area contributed by atoms with Crippen molar-refractivity contribution in [3.05, 3.63) is 59.9 Å². The van der Waals surface area contributed by atoms with Gasteiger partial charge in [-0.2, -0.15) is 4.68 Å². The first-order valence-corrected chi connectivity index (χ1v) is 7.79. The van der Waals surface area contributed by atoms with Crippen molar-refractivity contribution in [2.45, 2.75) is 0 Å². The first kappa shape index (κ1) is 17.9. The van der Waals surface area contributed by atoms with Crippen molar-refractivity contribution in [3.8, 4) is 17.2 Å². The Bertz CT molecular complexity index is 958. The summed E-state index contributed by atoms with van der Waals surface area (Å²) in [6.07, 6.45) is 1.37. The summed E-state index contributed by atoms with van der Waals surface area (Å²) >= 11 is 0. The second kappa shape index (κ2) is 7.95. The number of hydrogen-bond donors (Lipinski definition) is 2. The molecule has 3 aromatic rings. The molecule has 0 saturated carbocycles. The molecule has 0 radical (unpaired) electrons. The summed E-state index contributed by atoms with van der Waals surface area (Å²) in [6, 6.07) is 11.4. The van der Waals surface area contributed by atoms with E-state index in [0.717, 1.165) is 0 Å². The van der Waals surface area contributed by atoms with E-state index in [0.29, 0.717) is 22.7 Å². The van der Waals surface area contributed by atoms with Gasteiger partial charge in [0, 0.05) is 5.56 Å². The number of aromatic nitrogens is 4. The molecule has 10 heteroatoms. The van der Waals surface area contributed by atoms with E-state index in [2.05, 4.69) is 26.4 Å². The van der Waals surface area contributed by atoms with Gasteiger partial charge in [0.05, 0.1) is 25.5 Å². The summed E-state index contributed by atoms with van der Waals surface area (Å²) in [5, 5.41) is 10.9. The quantitative estimate of drug-likeness (QED) is 0.638. The molecule has 2 N–H and O–H groups in total. The average Bonchev–Trinajstić information content (AvgIpc) is 3.25. The number of ether oxygens (including phenoxy) is 2. The zero-order valence-electron chi connectivity index (χ0n) is 14.5. The highest BCUT2D eigenvalue weighted by Gasteiger charge is 2.15. The summed E-state index contributed by atoms with van der Waals surface area (Å²) in [4.78, 5) is 24.8. The molecular formula is C17H16N6O4. The predicted octanol–water partition coefficient (Wildman–Crippen LogP) is 0.754. The minimum absolute atomic E-state index is 0.289. The fourth-order valence-corrected chi connectivity index (χ4v) is 2.37. The molecular weight excluding hydrogens is 352 g/mol. The number of amides is 2. The molecule has 10 nitrogen and oxygen atoms in total. The molecule has 3 rings (SSSR count). The van der Waals surface area contributed by atoms with Crippen molar-refractivity contribution < 1.29 is 19.1 Å². The van der Waals surface area contributed by atoms with Crippen LogP contribution in [0.3, 0.4) is 0 Å². The van der Waals surface area contributed by atoms with Crippen LogP contribution >= 0.6 is 0 Å². The summed E-state index contributed by atoms with van der Waals surface area (Å²) in [5.74, 6) is -0.131. The number of methoxy groups -OCH3 is 2. The van der Waals surface area contributed by atoms with E-state index in [1.54, 1.807) is 36.4 Å². The van der Waals surface area contributed by atoms with Gasteiger partial charge in [0.1, 0.15) is 6.33 Å². The second-order valence-electron chi connectivity index (χ2n) is 5.25. The van der Waals surface area contributed by atoms with Gasteiger partial charge >= 0.3 is 0 Å². The Labute approximate surface area is 154 Å². The van der Waals surface area contributed by atoms with Crippen LogP contribution in [0.15, 0.2) is 48.8 Å². The van der Waals surface area contributed by atoms with Gasteiger partial charge in [0.15, 0.2) is 11.5 Å². The van der Waals surface area contributed by atoms with Crippen LogP contribution in [0.2, 0.25) is 0 Å². The predicted molar refractivity (Wildman–Crippen MR) is 93.6 cm³/mol. The van der Waals surface area contributed by atoms with Gasteiger partial charge in [-0.15, -0.1) is 5.10 Å². The molecule has 0 spiro atoms. The summed E-state index contributed by atoms with van der Waals surface area (Å²) in [6.45, 7) is 0. The number of carbonyl (C=O) groups is 2. The Balaban J connectivity index is 1.72. The molecule has 0 aliphatic rings. The van der Waals surface area contributed by atoms with Crippen LogP contribution < -0.4 is 20.3 Å². The third-order valence-corrected chi connectivity index (χ3v) is 3.68. The highest BCUT2D eigenvalue weighted by atomic mass is 16.5. The summed E-state index contributed by atoms with van der Waals surface area (Å²) in [5.41, 5.74) is 5.79. The standard InChI is InChI=1S/C17H16N6O4/c1-26-14-8-7-11(9-15(14)27-2)16(24)19-20-17(25)12-5-3-4-6-13(12)23-10-18-21-22-23/h3-10H,1-2H3,(H,19,24)(H,20,25). The van der Waals surface area contributed by atoms with Crippen molar-refractivity contribution in [2.75, 3.05) is 14.2 Å². The lowest BCUT2D eigenvalue weighted by Gasteiger charge is -2.12. The lowest BCUT2D eigenvalue weighted by atomic mass is 10.1. The number of carbonyl (C=O) groups excluding carboxylic acids is 2. The zero-order valence-corrected chi connectivity index (χ0v) is 14.5. The molecule has 1 aromatic heterocycles. The maximum Gasteiger partial charge on any atom is 0.271 e. The van der Waals surface area contributed by atoms with Crippen LogP contribution in [-0.4, -0.2) is 46.2 Å². The van der Waals surface area contributed by atoms with Crippen LogP contribution in [0.1, 0.15) is 20.7 Å². The number of hydrogen-bond acceptors (Lipinski definition) is 7. The van der Waals surface area contributed by atoms with Crippen molar-refractivity contribution >= 4 is 11.8 Å². The van der Waals surface area contributed by atoms with E-state index in [1.165, 1.54) is 31.3 Å². The van der Waals surface area contributed by atoms with Gasteiger partial charge in [0.25, 0.3) is 11.8 Å². The molecule has 2 amide bonds. The molecule has 0 aliphatic carbocycles. The van der Waals surface area contributed by atoms with E-state index in [1.807, 2.05) is 0 Å².